The molecule has 0 fully saturated rings. The van der Waals surface area contributed by atoms with Gasteiger partial charge in [-0.1, -0.05) is 54.6 Å². The second-order valence-electron chi connectivity index (χ2n) is 4.91. The molecule has 0 saturated carbocycles. The van der Waals surface area contributed by atoms with Gasteiger partial charge in [0.25, 0.3) is 5.91 Å². The van der Waals surface area contributed by atoms with Crippen LogP contribution in [0.2, 0.25) is 0 Å². The quantitative estimate of drug-likeness (QED) is 0.721. The fraction of sp³-hybridized carbons (Fsp3) is 0.0556. The molecule has 0 heterocycles. The molecule has 0 spiro atoms. The Balaban J connectivity index is 1.81. The molecule has 0 unspecified atom stereocenters. The average molecular weight is 276 g/mol. The lowest BCUT2D eigenvalue weighted by Gasteiger charge is -2.09. The van der Waals surface area contributed by atoms with E-state index in [0.717, 1.165) is 10.9 Å². The Morgan fingerprint density at radius 3 is 2.48 bits per heavy atom. The first-order chi connectivity index (χ1) is 10.3. The summed E-state index contributed by atoms with van der Waals surface area (Å²) in [4.78, 5) is 12.2. The Kier molecular flexibility index (Phi) is 3.56. The van der Waals surface area contributed by atoms with Crippen molar-refractivity contribution >= 4 is 22.4 Å². The van der Waals surface area contributed by atoms with E-state index < -0.39 is 0 Å². The first-order valence-electron chi connectivity index (χ1n) is 6.85. The molecule has 0 bridgehead atoms. The smallest absolute Gasteiger partial charge is 0.253 e. The van der Waals surface area contributed by atoms with Gasteiger partial charge in [-0.3, -0.25) is 4.79 Å². The molecule has 3 heteroatoms. The van der Waals surface area contributed by atoms with Gasteiger partial charge in [-0.05, 0) is 28.5 Å². The maximum Gasteiger partial charge on any atom is 0.253 e. The molecule has 0 atom stereocenters. The number of carbonyl (C=O) groups excluding carboxylic acids is 1. The van der Waals surface area contributed by atoms with Crippen LogP contribution < -0.4 is 11.1 Å². The van der Waals surface area contributed by atoms with E-state index in [1.54, 1.807) is 12.1 Å². The highest BCUT2D eigenvalue weighted by atomic mass is 16.1. The molecule has 0 aromatic heterocycles. The van der Waals surface area contributed by atoms with E-state index in [-0.39, 0.29) is 5.91 Å². The number of rotatable bonds is 3. The van der Waals surface area contributed by atoms with Crippen LogP contribution in [0.3, 0.4) is 0 Å². The molecule has 1 amide bonds. The number of amides is 1. The molecule has 3 aromatic rings. The van der Waals surface area contributed by atoms with Gasteiger partial charge in [0.1, 0.15) is 0 Å². The first-order valence-corrected chi connectivity index (χ1v) is 6.85. The number of anilines is 1. The fourth-order valence-electron chi connectivity index (χ4n) is 2.42. The van der Waals surface area contributed by atoms with E-state index in [9.17, 15) is 4.79 Å². The summed E-state index contributed by atoms with van der Waals surface area (Å²) >= 11 is 0. The predicted octanol–water partition coefficient (Wildman–Crippen LogP) is 3.35. The number of nitrogens with two attached hydrogens (primary N) is 1. The van der Waals surface area contributed by atoms with Crippen molar-refractivity contribution in [1.82, 2.24) is 5.32 Å². The number of nitrogens with one attached hydrogen (secondary N) is 1. The number of nitrogen functional groups attached to an aromatic ring is 1. The van der Waals surface area contributed by atoms with Crippen LogP contribution in [0.1, 0.15) is 15.9 Å². The summed E-state index contributed by atoms with van der Waals surface area (Å²) in [6, 6.07) is 21.3. The minimum atomic E-state index is -0.152. The number of fused-ring (bicyclic) bond motifs is 1. The lowest BCUT2D eigenvalue weighted by Crippen LogP contribution is -2.23. The molecule has 0 aliphatic heterocycles. The van der Waals surface area contributed by atoms with Crippen LogP contribution in [-0.4, -0.2) is 5.91 Å². The van der Waals surface area contributed by atoms with Crippen molar-refractivity contribution in [3.05, 3.63) is 77.9 Å². The van der Waals surface area contributed by atoms with E-state index in [1.165, 1.54) is 5.39 Å². The van der Waals surface area contributed by atoms with Gasteiger partial charge >= 0.3 is 0 Å². The van der Waals surface area contributed by atoms with Crippen LogP contribution in [0, 0.1) is 0 Å². The number of hydrogen-bond donors (Lipinski definition) is 2. The van der Waals surface area contributed by atoms with Crippen molar-refractivity contribution in [2.24, 2.45) is 0 Å². The number of hydrogen-bond acceptors (Lipinski definition) is 2. The Labute approximate surface area is 123 Å². The maximum absolute atomic E-state index is 12.2. The average Bonchev–Trinajstić information content (AvgIpc) is 2.53. The fourth-order valence-corrected chi connectivity index (χ4v) is 2.42. The molecule has 0 saturated heterocycles. The summed E-state index contributed by atoms with van der Waals surface area (Å²) < 4.78 is 0. The van der Waals surface area contributed by atoms with Gasteiger partial charge in [-0.2, -0.15) is 0 Å². The van der Waals surface area contributed by atoms with Crippen LogP contribution in [0.5, 0.6) is 0 Å². The zero-order chi connectivity index (χ0) is 14.7. The van der Waals surface area contributed by atoms with Crippen molar-refractivity contribution in [3.8, 4) is 0 Å². The Hall–Kier alpha value is -2.81. The Morgan fingerprint density at radius 2 is 1.62 bits per heavy atom. The number of carbonyl (C=O) groups is 1. The molecule has 3 nitrogen and oxygen atoms in total. The van der Waals surface area contributed by atoms with Crippen LogP contribution in [-0.2, 0) is 6.54 Å². The highest BCUT2D eigenvalue weighted by molar-refractivity contribution is 5.99. The van der Waals surface area contributed by atoms with E-state index in [2.05, 4.69) is 23.5 Å². The third-order valence-electron chi connectivity index (χ3n) is 3.52. The van der Waals surface area contributed by atoms with Crippen molar-refractivity contribution in [3.63, 3.8) is 0 Å². The number of benzene rings is 3. The summed E-state index contributed by atoms with van der Waals surface area (Å²) in [6.07, 6.45) is 0. The summed E-state index contributed by atoms with van der Waals surface area (Å²) in [6.45, 7) is 0.481. The molecule has 0 aliphatic carbocycles. The Bertz CT molecular complexity index is 791. The highest BCUT2D eigenvalue weighted by Crippen LogP contribution is 2.18. The zero-order valence-electron chi connectivity index (χ0n) is 11.5. The lowest BCUT2D eigenvalue weighted by atomic mass is 10.0. The summed E-state index contributed by atoms with van der Waals surface area (Å²) in [7, 11) is 0. The van der Waals surface area contributed by atoms with Gasteiger partial charge in [0, 0.05) is 12.2 Å². The third kappa shape index (κ3) is 2.72. The SMILES string of the molecule is Nc1ccccc1C(=O)NCc1cccc2ccccc12. The summed E-state index contributed by atoms with van der Waals surface area (Å²) in [5.74, 6) is -0.152. The highest BCUT2D eigenvalue weighted by Gasteiger charge is 2.09. The molecule has 0 radical (unpaired) electrons. The molecular formula is C18H16N2O. The standard InChI is InChI=1S/C18H16N2O/c19-17-11-4-3-10-16(17)18(21)20-12-14-8-5-7-13-6-1-2-9-15(13)14/h1-11H,12,19H2,(H,20,21). The van der Waals surface area contributed by atoms with Gasteiger partial charge in [0.2, 0.25) is 0 Å². The molecule has 3 aromatic carbocycles. The third-order valence-corrected chi connectivity index (χ3v) is 3.52. The second-order valence-corrected chi connectivity index (χ2v) is 4.91. The monoisotopic (exact) mass is 276 g/mol. The van der Waals surface area contributed by atoms with Gasteiger partial charge in [-0.15, -0.1) is 0 Å². The maximum atomic E-state index is 12.2. The van der Waals surface area contributed by atoms with Gasteiger partial charge in [0.15, 0.2) is 0 Å². The van der Waals surface area contributed by atoms with Gasteiger partial charge in [0.05, 0.1) is 5.56 Å². The van der Waals surface area contributed by atoms with Crippen molar-refractivity contribution < 1.29 is 4.79 Å². The van der Waals surface area contributed by atoms with E-state index >= 15 is 0 Å². The van der Waals surface area contributed by atoms with Crippen molar-refractivity contribution in [1.29, 1.82) is 0 Å². The molecular weight excluding hydrogens is 260 g/mol. The van der Waals surface area contributed by atoms with E-state index in [1.807, 2.05) is 36.4 Å². The molecule has 0 aliphatic rings. The first kappa shape index (κ1) is 13.2. The minimum Gasteiger partial charge on any atom is -0.398 e. The van der Waals surface area contributed by atoms with Crippen molar-refractivity contribution in [2.45, 2.75) is 6.54 Å². The normalized spacial score (nSPS) is 10.5. The Morgan fingerprint density at radius 1 is 0.905 bits per heavy atom. The number of para-hydroxylation sites is 1. The van der Waals surface area contributed by atoms with Crippen LogP contribution in [0.4, 0.5) is 5.69 Å². The molecule has 104 valence electrons. The molecule has 21 heavy (non-hydrogen) atoms. The van der Waals surface area contributed by atoms with E-state index in [0.29, 0.717) is 17.8 Å². The van der Waals surface area contributed by atoms with Gasteiger partial charge < -0.3 is 11.1 Å². The molecule has 3 rings (SSSR count). The largest absolute Gasteiger partial charge is 0.398 e. The van der Waals surface area contributed by atoms with Crippen LogP contribution in [0.25, 0.3) is 10.8 Å². The lowest BCUT2D eigenvalue weighted by molar-refractivity contribution is 0.0952. The predicted molar refractivity (Wildman–Crippen MR) is 86.0 cm³/mol. The van der Waals surface area contributed by atoms with Gasteiger partial charge in [-0.25, -0.2) is 0 Å². The molecule has 3 N–H and O–H groups in total. The van der Waals surface area contributed by atoms with E-state index in [4.69, 9.17) is 5.73 Å². The van der Waals surface area contributed by atoms with Crippen molar-refractivity contribution in [2.75, 3.05) is 5.73 Å². The zero-order valence-corrected chi connectivity index (χ0v) is 11.5. The topological polar surface area (TPSA) is 55.1 Å². The van der Waals surface area contributed by atoms with Crippen LogP contribution >= 0.6 is 0 Å². The summed E-state index contributed by atoms with van der Waals surface area (Å²) in [5, 5.41) is 5.25. The minimum absolute atomic E-state index is 0.152. The van der Waals surface area contributed by atoms with Crippen LogP contribution in [0.15, 0.2) is 66.7 Å². The second kappa shape index (κ2) is 5.67. The summed E-state index contributed by atoms with van der Waals surface area (Å²) in [5.41, 5.74) is 7.92.